The van der Waals surface area contributed by atoms with Gasteiger partial charge in [0.15, 0.2) is 0 Å². The molecular weight excluding hydrogens is 374 g/mol. The summed E-state index contributed by atoms with van der Waals surface area (Å²) in [7, 11) is 0. The molecule has 156 valence electrons. The molecule has 1 atom stereocenters. The zero-order chi connectivity index (χ0) is 19.2. The first-order chi connectivity index (χ1) is 13.1. The number of likely N-dealkylation sites (tertiary alicyclic amines) is 1. The van der Waals surface area contributed by atoms with Gasteiger partial charge in [-0.2, -0.15) is 0 Å². The maximum atomic E-state index is 12.9. The van der Waals surface area contributed by atoms with Crippen LogP contribution in [0.5, 0.6) is 0 Å². The van der Waals surface area contributed by atoms with Crippen molar-refractivity contribution < 1.29 is 9.59 Å². The third-order valence-corrected chi connectivity index (χ3v) is 5.87. The molecule has 2 aliphatic heterocycles. The van der Waals surface area contributed by atoms with Crippen molar-refractivity contribution in [2.24, 2.45) is 11.8 Å². The molecule has 1 unspecified atom stereocenters. The van der Waals surface area contributed by atoms with Gasteiger partial charge in [0.25, 0.3) is 0 Å². The van der Waals surface area contributed by atoms with Crippen LogP contribution in [0.15, 0.2) is 24.3 Å². The summed E-state index contributed by atoms with van der Waals surface area (Å²) in [6.07, 6.45) is 4.62. The van der Waals surface area contributed by atoms with E-state index in [-0.39, 0.29) is 30.1 Å². The summed E-state index contributed by atoms with van der Waals surface area (Å²) in [4.78, 5) is 29.2. The van der Waals surface area contributed by atoms with Crippen LogP contribution in [0, 0.1) is 11.8 Å². The topological polar surface area (TPSA) is 52.7 Å². The molecule has 1 aromatic rings. The van der Waals surface area contributed by atoms with Gasteiger partial charge in [0, 0.05) is 31.7 Å². The SMILES string of the molecule is CCCc1ccc(N2CC(C(=O)N3CCC(CNCC)CC3)CC2=O)cc1.Cl. The second-order valence-corrected chi connectivity index (χ2v) is 7.90. The zero-order valence-corrected chi connectivity index (χ0v) is 18.0. The number of nitrogens with one attached hydrogen (secondary N) is 1. The fourth-order valence-electron chi connectivity index (χ4n) is 4.22. The van der Waals surface area contributed by atoms with E-state index in [9.17, 15) is 9.59 Å². The van der Waals surface area contributed by atoms with Gasteiger partial charge in [-0.05, 0) is 56.0 Å². The number of carbonyl (C=O) groups is 2. The van der Waals surface area contributed by atoms with Crippen LogP contribution in [0.3, 0.4) is 0 Å². The third kappa shape index (κ3) is 5.48. The van der Waals surface area contributed by atoms with Crippen LogP contribution in [-0.2, 0) is 16.0 Å². The van der Waals surface area contributed by atoms with Crippen molar-refractivity contribution >= 4 is 29.9 Å². The summed E-state index contributed by atoms with van der Waals surface area (Å²) in [6, 6.07) is 8.22. The molecule has 0 spiro atoms. The molecule has 6 heteroatoms. The highest BCUT2D eigenvalue weighted by atomic mass is 35.5. The van der Waals surface area contributed by atoms with Gasteiger partial charge < -0.3 is 15.1 Å². The lowest BCUT2D eigenvalue weighted by Gasteiger charge is -2.33. The first kappa shape index (κ1) is 22.7. The van der Waals surface area contributed by atoms with E-state index >= 15 is 0 Å². The quantitative estimate of drug-likeness (QED) is 0.754. The first-order valence-electron chi connectivity index (χ1n) is 10.5. The number of amides is 2. The van der Waals surface area contributed by atoms with Crippen LogP contribution in [-0.4, -0.2) is 49.4 Å². The first-order valence-corrected chi connectivity index (χ1v) is 10.5. The minimum atomic E-state index is -0.196. The molecule has 0 bridgehead atoms. The van der Waals surface area contributed by atoms with Crippen LogP contribution in [0.1, 0.15) is 45.1 Å². The number of benzene rings is 1. The molecule has 2 heterocycles. The number of hydrogen-bond acceptors (Lipinski definition) is 3. The Morgan fingerprint density at radius 2 is 1.82 bits per heavy atom. The number of nitrogens with zero attached hydrogens (tertiary/aromatic N) is 2. The maximum absolute atomic E-state index is 12.9. The van der Waals surface area contributed by atoms with E-state index in [1.54, 1.807) is 4.90 Å². The van der Waals surface area contributed by atoms with E-state index in [1.165, 1.54) is 5.56 Å². The minimum absolute atomic E-state index is 0. The monoisotopic (exact) mass is 407 g/mol. The number of halogens is 1. The predicted octanol–water partition coefficient (Wildman–Crippen LogP) is 3.26. The highest BCUT2D eigenvalue weighted by Crippen LogP contribution is 2.28. The van der Waals surface area contributed by atoms with Crippen molar-refractivity contribution in [2.45, 2.75) is 46.0 Å². The van der Waals surface area contributed by atoms with Crippen molar-refractivity contribution in [2.75, 3.05) is 37.6 Å². The lowest BCUT2D eigenvalue weighted by molar-refractivity contribution is -0.137. The average molecular weight is 408 g/mol. The van der Waals surface area contributed by atoms with E-state index in [0.29, 0.717) is 18.9 Å². The van der Waals surface area contributed by atoms with Crippen molar-refractivity contribution in [3.63, 3.8) is 0 Å². The summed E-state index contributed by atoms with van der Waals surface area (Å²) < 4.78 is 0. The van der Waals surface area contributed by atoms with Gasteiger partial charge in [0.05, 0.1) is 5.92 Å². The molecule has 0 radical (unpaired) electrons. The molecule has 0 saturated carbocycles. The van der Waals surface area contributed by atoms with Crippen molar-refractivity contribution in [3.05, 3.63) is 29.8 Å². The van der Waals surface area contributed by atoms with Gasteiger partial charge in [-0.1, -0.05) is 32.4 Å². The van der Waals surface area contributed by atoms with Crippen LogP contribution in [0.4, 0.5) is 5.69 Å². The van der Waals surface area contributed by atoms with E-state index in [2.05, 4.69) is 31.3 Å². The Kier molecular flexibility index (Phi) is 8.77. The van der Waals surface area contributed by atoms with Crippen LogP contribution in [0.2, 0.25) is 0 Å². The van der Waals surface area contributed by atoms with Crippen molar-refractivity contribution in [3.8, 4) is 0 Å². The maximum Gasteiger partial charge on any atom is 0.228 e. The molecule has 1 N–H and O–H groups in total. The molecule has 2 aliphatic rings. The molecular formula is C22H34ClN3O2. The smallest absolute Gasteiger partial charge is 0.228 e. The third-order valence-electron chi connectivity index (χ3n) is 5.87. The number of aryl methyl sites for hydroxylation is 1. The number of anilines is 1. The lowest BCUT2D eigenvalue weighted by Crippen LogP contribution is -2.44. The van der Waals surface area contributed by atoms with E-state index in [0.717, 1.165) is 57.5 Å². The number of carbonyl (C=O) groups excluding carboxylic acids is 2. The van der Waals surface area contributed by atoms with Crippen LogP contribution < -0.4 is 10.2 Å². The number of piperidine rings is 1. The lowest BCUT2D eigenvalue weighted by atomic mass is 9.95. The molecule has 0 aromatic heterocycles. The summed E-state index contributed by atoms with van der Waals surface area (Å²) in [5.74, 6) is 0.699. The standard InChI is InChI=1S/C22H33N3O2.ClH/c1-3-5-17-6-8-20(9-7-17)25-16-19(14-21(25)26)22(27)24-12-10-18(11-13-24)15-23-4-2;/h6-9,18-19,23H,3-5,10-16H2,1-2H3;1H. The zero-order valence-electron chi connectivity index (χ0n) is 17.2. The summed E-state index contributed by atoms with van der Waals surface area (Å²) in [6.45, 7) is 8.50. The van der Waals surface area contributed by atoms with E-state index in [4.69, 9.17) is 0 Å². The van der Waals surface area contributed by atoms with Gasteiger partial charge in [-0.3, -0.25) is 9.59 Å². The predicted molar refractivity (Wildman–Crippen MR) is 116 cm³/mol. The van der Waals surface area contributed by atoms with Crippen molar-refractivity contribution in [1.29, 1.82) is 0 Å². The van der Waals surface area contributed by atoms with Crippen molar-refractivity contribution in [1.82, 2.24) is 10.2 Å². The fourth-order valence-corrected chi connectivity index (χ4v) is 4.22. The normalized spacial score (nSPS) is 20.4. The van der Waals surface area contributed by atoms with Gasteiger partial charge in [0.1, 0.15) is 0 Å². The fraction of sp³-hybridized carbons (Fsp3) is 0.636. The van der Waals surface area contributed by atoms with Gasteiger partial charge >= 0.3 is 0 Å². The largest absolute Gasteiger partial charge is 0.342 e. The second-order valence-electron chi connectivity index (χ2n) is 7.90. The summed E-state index contributed by atoms with van der Waals surface area (Å²) in [5.41, 5.74) is 2.21. The Labute approximate surface area is 175 Å². The number of hydrogen-bond donors (Lipinski definition) is 1. The molecule has 2 fully saturated rings. The summed E-state index contributed by atoms with van der Waals surface area (Å²) >= 11 is 0. The Morgan fingerprint density at radius 1 is 1.14 bits per heavy atom. The molecule has 0 aliphatic carbocycles. The Bertz CT molecular complexity index is 642. The molecule has 1 aromatic carbocycles. The van der Waals surface area contributed by atoms with Gasteiger partial charge in [-0.15, -0.1) is 12.4 Å². The highest BCUT2D eigenvalue weighted by molar-refractivity contribution is 6.00. The van der Waals surface area contributed by atoms with E-state index < -0.39 is 0 Å². The minimum Gasteiger partial charge on any atom is -0.342 e. The molecule has 2 amide bonds. The summed E-state index contributed by atoms with van der Waals surface area (Å²) in [5, 5.41) is 3.40. The number of rotatable bonds is 7. The van der Waals surface area contributed by atoms with Gasteiger partial charge in [0.2, 0.25) is 11.8 Å². The molecule has 28 heavy (non-hydrogen) atoms. The Morgan fingerprint density at radius 3 is 2.43 bits per heavy atom. The Hall–Kier alpha value is -1.59. The average Bonchev–Trinajstić information content (AvgIpc) is 3.09. The second kappa shape index (κ2) is 10.8. The Balaban J connectivity index is 0.00000280. The van der Waals surface area contributed by atoms with Gasteiger partial charge in [-0.25, -0.2) is 0 Å². The molecule has 3 rings (SSSR count). The highest BCUT2D eigenvalue weighted by Gasteiger charge is 2.38. The van der Waals surface area contributed by atoms with Crippen LogP contribution in [0.25, 0.3) is 0 Å². The molecule has 5 nitrogen and oxygen atoms in total. The molecule has 2 saturated heterocycles. The van der Waals surface area contributed by atoms with E-state index in [1.807, 2.05) is 17.0 Å². The van der Waals surface area contributed by atoms with Crippen LogP contribution >= 0.6 is 12.4 Å².